The monoisotopic (exact) mass is 300 g/mol. The Balaban J connectivity index is 2.43. The van der Waals surface area contributed by atoms with E-state index in [1.165, 1.54) is 25.1 Å². The van der Waals surface area contributed by atoms with Crippen LogP contribution in [0.5, 0.6) is 11.5 Å². The van der Waals surface area contributed by atoms with E-state index >= 15 is 0 Å². The van der Waals surface area contributed by atoms with E-state index in [1.807, 2.05) is 0 Å². The number of benzene rings is 2. The zero-order valence-electron chi connectivity index (χ0n) is 10.0. The second-order valence-electron chi connectivity index (χ2n) is 4.01. The number of para-hydroxylation sites is 1. The van der Waals surface area contributed by atoms with Gasteiger partial charge in [0.15, 0.2) is 11.6 Å². The van der Waals surface area contributed by atoms with Crippen LogP contribution in [-0.4, -0.2) is 5.11 Å². The third-order valence-corrected chi connectivity index (χ3v) is 3.08. The molecule has 0 bridgehead atoms. The minimum atomic E-state index is -0.850. The van der Waals surface area contributed by atoms with Crippen LogP contribution in [0.25, 0.3) is 0 Å². The van der Waals surface area contributed by atoms with Gasteiger partial charge in [-0.2, -0.15) is 0 Å². The first kappa shape index (κ1) is 14.1. The van der Waals surface area contributed by atoms with Crippen molar-refractivity contribution in [3.8, 4) is 11.5 Å². The van der Waals surface area contributed by atoms with Crippen LogP contribution in [-0.2, 0) is 0 Å². The highest BCUT2D eigenvalue weighted by atomic mass is 35.5. The summed E-state index contributed by atoms with van der Waals surface area (Å²) in [7, 11) is 0. The van der Waals surface area contributed by atoms with Crippen LogP contribution in [0.15, 0.2) is 36.4 Å². The SMILES string of the molecule is C[C@H](O)c1cccc(F)c1Oc1ccc(Cl)cc1Cl. The molecule has 0 unspecified atom stereocenters. The molecule has 0 fully saturated rings. The van der Waals surface area contributed by atoms with Gasteiger partial charge >= 0.3 is 0 Å². The summed E-state index contributed by atoms with van der Waals surface area (Å²) in [6, 6.07) is 8.99. The van der Waals surface area contributed by atoms with Crippen molar-refractivity contribution in [1.82, 2.24) is 0 Å². The smallest absolute Gasteiger partial charge is 0.168 e. The fraction of sp³-hybridized carbons (Fsp3) is 0.143. The number of rotatable bonds is 3. The van der Waals surface area contributed by atoms with E-state index in [9.17, 15) is 9.50 Å². The van der Waals surface area contributed by atoms with E-state index in [2.05, 4.69) is 0 Å². The number of halogens is 3. The molecule has 0 saturated carbocycles. The lowest BCUT2D eigenvalue weighted by molar-refractivity contribution is 0.194. The Kier molecular flexibility index (Phi) is 4.30. The Morgan fingerprint density at radius 1 is 1.21 bits per heavy atom. The van der Waals surface area contributed by atoms with Gasteiger partial charge in [-0.15, -0.1) is 0 Å². The summed E-state index contributed by atoms with van der Waals surface area (Å²) in [6.45, 7) is 1.53. The minimum Gasteiger partial charge on any atom is -0.452 e. The van der Waals surface area contributed by atoms with Crippen LogP contribution in [0.2, 0.25) is 10.0 Å². The molecule has 0 amide bonds. The van der Waals surface area contributed by atoms with Crippen LogP contribution in [0.4, 0.5) is 4.39 Å². The zero-order valence-corrected chi connectivity index (χ0v) is 11.5. The number of hydrogen-bond donors (Lipinski definition) is 1. The Labute approximate surface area is 120 Å². The molecular formula is C14H11Cl2FO2. The maximum Gasteiger partial charge on any atom is 0.168 e. The molecule has 0 heterocycles. The number of ether oxygens (including phenoxy) is 1. The quantitative estimate of drug-likeness (QED) is 0.866. The molecule has 2 aromatic carbocycles. The van der Waals surface area contributed by atoms with E-state index in [0.29, 0.717) is 10.6 Å². The summed E-state index contributed by atoms with van der Waals surface area (Å²) in [5.74, 6) is -0.329. The van der Waals surface area contributed by atoms with E-state index in [4.69, 9.17) is 27.9 Å². The molecule has 0 aliphatic carbocycles. The predicted molar refractivity (Wildman–Crippen MR) is 73.6 cm³/mol. The molecule has 5 heteroatoms. The molecule has 2 rings (SSSR count). The minimum absolute atomic E-state index is 0.0401. The summed E-state index contributed by atoms with van der Waals surface area (Å²) < 4.78 is 19.3. The van der Waals surface area contributed by atoms with Gasteiger partial charge < -0.3 is 9.84 Å². The van der Waals surface area contributed by atoms with Gasteiger partial charge in [0.1, 0.15) is 5.75 Å². The molecule has 0 spiro atoms. The Morgan fingerprint density at radius 2 is 1.95 bits per heavy atom. The van der Waals surface area contributed by atoms with Gasteiger partial charge in [0.05, 0.1) is 11.1 Å². The van der Waals surface area contributed by atoms with Gasteiger partial charge in [-0.25, -0.2) is 4.39 Å². The maximum absolute atomic E-state index is 13.8. The molecule has 19 heavy (non-hydrogen) atoms. The molecule has 100 valence electrons. The van der Waals surface area contributed by atoms with Crippen LogP contribution in [0.3, 0.4) is 0 Å². The average molecular weight is 301 g/mol. The summed E-state index contributed by atoms with van der Waals surface area (Å²) in [6.07, 6.45) is -0.850. The molecule has 0 saturated heterocycles. The molecule has 2 aromatic rings. The lowest BCUT2D eigenvalue weighted by Crippen LogP contribution is -1.99. The number of hydrogen-bond acceptors (Lipinski definition) is 2. The van der Waals surface area contributed by atoms with Crippen LogP contribution < -0.4 is 4.74 Å². The van der Waals surface area contributed by atoms with Crippen LogP contribution in [0.1, 0.15) is 18.6 Å². The van der Waals surface area contributed by atoms with Crippen molar-refractivity contribution >= 4 is 23.2 Å². The average Bonchev–Trinajstić information content (AvgIpc) is 2.34. The Hall–Kier alpha value is -1.29. The van der Waals surface area contributed by atoms with Crippen molar-refractivity contribution in [3.63, 3.8) is 0 Å². The van der Waals surface area contributed by atoms with Crippen LogP contribution >= 0.6 is 23.2 Å². The summed E-state index contributed by atoms with van der Waals surface area (Å²) in [4.78, 5) is 0. The van der Waals surface area contributed by atoms with E-state index in [1.54, 1.807) is 18.2 Å². The van der Waals surface area contributed by atoms with Crippen molar-refractivity contribution in [2.75, 3.05) is 0 Å². The number of aliphatic hydroxyl groups excluding tert-OH is 1. The second-order valence-corrected chi connectivity index (χ2v) is 4.85. The molecule has 1 N–H and O–H groups in total. The summed E-state index contributed by atoms with van der Waals surface area (Å²) in [5, 5.41) is 10.4. The molecular weight excluding hydrogens is 290 g/mol. The Bertz CT molecular complexity index is 600. The number of aliphatic hydroxyl groups is 1. The van der Waals surface area contributed by atoms with Crippen LogP contribution in [0, 0.1) is 5.82 Å². The highest BCUT2D eigenvalue weighted by Gasteiger charge is 2.16. The largest absolute Gasteiger partial charge is 0.452 e. The highest BCUT2D eigenvalue weighted by Crippen LogP contribution is 2.36. The van der Waals surface area contributed by atoms with Crippen molar-refractivity contribution in [2.45, 2.75) is 13.0 Å². The molecule has 0 aliphatic rings. The zero-order chi connectivity index (χ0) is 14.0. The fourth-order valence-corrected chi connectivity index (χ4v) is 2.08. The third-order valence-electron chi connectivity index (χ3n) is 2.55. The second kappa shape index (κ2) is 5.78. The maximum atomic E-state index is 13.8. The van der Waals surface area contributed by atoms with Gasteiger partial charge in [-0.3, -0.25) is 0 Å². The molecule has 2 nitrogen and oxygen atoms in total. The lowest BCUT2D eigenvalue weighted by atomic mass is 10.1. The first-order valence-electron chi connectivity index (χ1n) is 5.58. The normalized spacial score (nSPS) is 12.3. The van der Waals surface area contributed by atoms with Crippen molar-refractivity contribution < 1.29 is 14.2 Å². The van der Waals surface area contributed by atoms with Crippen molar-refractivity contribution in [1.29, 1.82) is 0 Å². The van der Waals surface area contributed by atoms with E-state index < -0.39 is 11.9 Å². The Morgan fingerprint density at radius 3 is 2.58 bits per heavy atom. The van der Waals surface area contributed by atoms with Gasteiger partial charge in [0.2, 0.25) is 0 Å². The molecule has 0 radical (unpaired) electrons. The first-order chi connectivity index (χ1) is 8.99. The third kappa shape index (κ3) is 3.18. The van der Waals surface area contributed by atoms with Gasteiger partial charge in [-0.1, -0.05) is 35.3 Å². The molecule has 0 aliphatic heterocycles. The molecule has 0 aromatic heterocycles. The van der Waals surface area contributed by atoms with Crippen molar-refractivity contribution in [2.24, 2.45) is 0 Å². The first-order valence-corrected chi connectivity index (χ1v) is 6.34. The van der Waals surface area contributed by atoms with Gasteiger partial charge in [0.25, 0.3) is 0 Å². The fourth-order valence-electron chi connectivity index (χ4n) is 1.63. The standard InChI is InChI=1S/C14H11Cl2FO2/c1-8(18)10-3-2-4-12(17)14(10)19-13-6-5-9(15)7-11(13)16/h2-8,18H,1H3/t8-/m0/s1. The van der Waals surface area contributed by atoms with Crippen molar-refractivity contribution in [3.05, 3.63) is 57.8 Å². The lowest BCUT2D eigenvalue weighted by Gasteiger charge is -2.14. The predicted octanol–water partition coefficient (Wildman–Crippen LogP) is 4.98. The topological polar surface area (TPSA) is 29.5 Å². The van der Waals surface area contributed by atoms with Gasteiger partial charge in [-0.05, 0) is 31.2 Å². The summed E-state index contributed by atoms with van der Waals surface area (Å²) >= 11 is 11.7. The molecule has 1 atom stereocenters. The highest BCUT2D eigenvalue weighted by molar-refractivity contribution is 6.35. The van der Waals surface area contributed by atoms with Gasteiger partial charge in [0, 0.05) is 10.6 Å². The van der Waals surface area contributed by atoms with E-state index in [0.717, 1.165) is 0 Å². The summed E-state index contributed by atoms with van der Waals surface area (Å²) in [5.41, 5.74) is 0.353. The van der Waals surface area contributed by atoms with E-state index in [-0.39, 0.29) is 16.5 Å².